The molecule has 0 bridgehead atoms. The summed E-state index contributed by atoms with van der Waals surface area (Å²) in [4.78, 5) is 0. The minimum atomic E-state index is -0.599. The molecule has 0 aliphatic heterocycles. The number of aliphatic hydroxyl groups is 1. The summed E-state index contributed by atoms with van der Waals surface area (Å²) in [5.74, 6) is 0.705. The highest BCUT2D eigenvalue weighted by atomic mass is 35.5. The van der Waals surface area contributed by atoms with Crippen LogP contribution in [-0.4, -0.2) is 22.4 Å². The van der Waals surface area contributed by atoms with Crippen LogP contribution < -0.4 is 9.30 Å². The standard InChI is InChI=1S/C20H24ClN2O2/c1-4-22-13-23(20-10-15(3)14(2)9-19(20)22)11-17(24)12-25-18-7-5-16(21)6-8-18/h5-10,13,17,24H,4,11-12H2,1-3H3/q+1/t17-/m0/s1. The van der Waals surface area contributed by atoms with Gasteiger partial charge in [-0.25, -0.2) is 9.13 Å². The minimum Gasteiger partial charge on any atom is -0.491 e. The zero-order chi connectivity index (χ0) is 18.0. The van der Waals surface area contributed by atoms with E-state index in [-0.39, 0.29) is 6.61 Å². The van der Waals surface area contributed by atoms with Crippen LogP contribution in [0, 0.1) is 13.8 Å². The fourth-order valence-corrected chi connectivity index (χ4v) is 3.06. The summed E-state index contributed by atoms with van der Waals surface area (Å²) in [5, 5.41) is 11.1. The first kappa shape index (κ1) is 17.8. The van der Waals surface area contributed by atoms with Crippen molar-refractivity contribution >= 4 is 22.6 Å². The number of aromatic nitrogens is 2. The molecule has 0 unspecified atom stereocenters. The number of aryl methyl sites for hydroxylation is 3. The maximum atomic E-state index is 10.4. The van der Waals surface area contributed by atoms with Crippen LogP contribution in [-0.2, 0) is 13.1 Å². The Bertz CT molecular complexity index is 872. The van der Waals surface area contributed by atoms with Gasteiger partial charge in [0.2, 0.25) is 6.33 Å². The third-order valence-electron chi connectivity index (χ3n) is 4.49. The first-order valence-electron chi connectivity index (χ1n) is 8.54. The largest absolute Gasteiger partial charge is 0.491 e. The number of rotatable bonds is 6. The number of halogens is 1. The zero-order valence-corrected chi connectivity index (χ0v) is 15.6. The molecule has 0 fully saturated rings. The second-order valence-corrected chi connectivity index (χ2v) is 6.83. The Morgan fingerprint density at radius 1 is 1.16 bits per heavy atom. The molecule has 1 N–H and O–H groups in total. The molecule has 3 rings (SSSR count). The van der Waals surface area contributed by atoms with E-state index in [4.69, 9.17) is 16.3 Å². The lowest BCUT2D eigenvalue weighted by Crippen LogP contribution is -2.41. The number of ether oxygens (including phenoxy) is 1. The molecule has 25 heavy (non-hydrogen) atoms. The van der Waals surface area contributed by atoms with E-state index in [0.717, 1.165) is 12.1 Å². The van der Waals surface area contributed by atoms with E-state index in [1.807, 2.05) is 0 Å². The summed E-state index contributed by atoms with van der Waals surface area (Å²) >= 11 is 5.87. The molecule has 0 saturated carbocycles. The van der Waals surface area contributed by atoms with Gasteiger partial charge in [0.1, 0.15) is 25.0 Å². The molecule has 0 amide bonds. The molecule has 0 spiro atoms. The molecular formula is C20H24ClN2O2+. The Morgan fingerprint density at radius 3 is 2.52 bits per heavy atom. The SMILES string of the molecule is CCn1c[n+](C[C@H](O)COc2ccc(Cl)cc2)c2cc(C)c(C)cc21. The van der Waals surface area contributed by atoms with Crippen LogP contribution in [0.4, 0.5) is 0 Å². The maximum absolute atomic E-state index is 10.4. The average molecular weight is 360 g/mol. The van der Waals surface area contributed by atoms with E-state index in [0.29, 0.717) is 17.3 Å². The lowest BCUT2D eigenvalue weighted by Gasteiger charge is -2.11. The smallest absolute Gasteiger partial charge is 0.244 e. The van der Waals surface area contributed by atoms with Crippen LogP contribution in [0.3, 0.4) is 0 Å². The summed E-state index contributed by atoms with van der Waals surface area (Å²) in [6, 6.07) is 11.6. The minimum absolute atomic E-state index is 0.234. The topological polar surface area (TPSA) is 38.3 Å². The Kier molecular flexibility index (Phi) is 5.30. The van der Waals surface area contributed by atoms with Gasteiger partial charge >= 0.3 is 0 Å². The lowest BCUT2D eigenvalue weighted by atomic mass is 10.1. The predicted octanol–water partition coefficient (Wildman–Crippen LogP) is 3.66. The number of benzene rings is 2. The van der Waals surface area contributed by atoms with E-state index in [1.54, 1.807) is 24.3 Å². The molecule has 132 valence electrons. The van der Waals surface area contributed by atoms with E-state index < -0.39 is 6.10 Å². The lowest BCUT2D eigenvalue weighted by molar-refractivity contribution is -0.679. The first-order valence-corrected chi connectivity index (χ1v) is 8.91. The van der Waals surface area contributed by atoms with Gasteiger partial charge in [-0.3, -0.25) is 0 Å². The van der Waals surface area contributed by atoms with Crippen LogP contribution in [0.1, 0.15) is 18.1 Å². The number of hydrogen-bond acceptors (Lipinski definition) is 2. The number of aliphatic hydroxyl groups excluding tert-OH is 1. The molecule has 0 aliphatic rings. The van der Waals surface area contributed by atoms with Gasteiger partial charge in [-0.1, -0.05) is 11.6 Å². The molecule has 0 radical (unpaired) electrons. The molecule has 0 aliphatic carbocycles. The van der Waals surface area contributed by atoms with Gasteiger partial charge in [0.05, 0.1) is 6.54 Å². The Morgan fingerprint density at radius 2 is 1.84 bits per heavy atom. The van der Waals surface area contributed by atoms with Crippen LogP contribution in [0.15, 0.2) is 42.7 Å². The van der Waals surface area contributed by atoms with E-state index >= 15 is 0 Å². The third kappa shape index (κ3) is 3.97. The maximum Gasteiger partial charge on any atom is 0.244 e. The third-order valence-corrected chi connectivity index (χ3v) is 4.74. The van der Waals surface area contributed by atoms with Crippen LogP contribution in [0.2, 0.25) is 5.02 Å². The molecule has 4 nitrogen and oxygen atoms in total. The van der Waals surface area contributed by atoms with E-state index in [1.165, 1.54) is 16.6 Å². The summed E-state index contributed by atoms with van der Waals surface area (Å²) < 4.78 is 9.96. The summed E-state index contributed by atoms with van der Waals surface area (Å²) in [7, 11) is 0. The number of nitrogens with zero attached hydrogens (tertiary/aromatic N) is 2. The summed E-state index contributed by atoms with van der Waals surface area (Å²) in [5.41, 5.74) is 4.85. The van der Waals surface area contributed by atoms with E-state index in [2.05, 4.69) is 48.4 Å². The van der Waals surface area contributed by atoms with E-state index in [9.17, 15) is 5.11 Å². The van der Waals surface area contributed by atoms with Crippen LogP contribution >= 0.6 is 11.6 Å². The number of imidazole rings is 1. The van der Waals surface area contributed by atoms with Gasteiger partial charge in [0.15, 0.2) is 11.0 Å². The molecule has 1 atom stereocenters. The van der Waals surface area contributed by atoms with Crippen molar-refractivity contribution in [1.82, 2.24) is 4.57 Å². The summed E-state index contributed by atoms with van der Waals surface area (Å²) in [6.07, 6.45) is 1.47. The molecule has 0 saturated heterocycles. The zero-order valence-electron chi connectivity index (χ0n) is 14.9. The van der Waals surface area contributed by atoms with Crippen molar-refractivity contribution in [3.63, 3.8) is 0 Å². The number of hydrogen-bond donors (Lipinski definition) is 1. The fraction of sp³-hybridized carbons (Fsp3) is 0.350. The second-order valence-electron chi connectivity index (χ2n) is 6.40. The molecule has 3 aromatic rings. The fourth-order valence-electron chi connectivity index (χ4n) is 2.94. The van der Waals surface area contributed by atoms with Crippen molar-refractivity contribution in [3.8, 4) is 5.75 Å². The Hall–Kier alpha value is -2.04. The van der Waals surface area contributed by atoms with Crippen LogP contribution in [0.25, 0.3) is 11.0 Å². The van der Waals surface area contributed by atoms with Crippen molar-refractivity contribution in [3.05, 3.63) is 58.9 Å². The van der Waals surface area contributed by atoms with Gasteiger partial charge in [-0.15, -0.1) is 0 Å². The highest BCUT2D eigenvalue weighted by molar-refractivity contribution is 6.30. The van der Waals surface area contributed by atoms with Gasteiger partial charge in [-0.05, 0) is 68.3 Å². The molecule has 1 heterocycles. The highest BCUT2D eigenvalue weighted by Crippen LogP contribution is 2.18. The van der Waals surface area contributed by atoms with Gasteiger partial charge < -0.3 is 9.84 Å². The Balaban J connectivity index is 1.75. The molecule has 5 heteroatoms. The highest BCUT2D eigenvalue weighted by Gasteiger charge is 2.19. The monoisotopic (exact) mass is 359 g/mol. The predicted molar refractivity (Wildman–Crippen MR) is 100 cm³/mol. The van der Waals surface area contributed by atoms with Gasteiger partial charge in [0.25, 0.3) is 0 Å². The average Bonchev–Trinajstić information content (AvgIpc) is 2.91. The first-order chi connectivity index (χ1) is 12.0. The number of fused-ring (bicyclic) bond motifs is 1. The summed E-state index contributed by atoms with van der Waals surface area (Å²) in [6.45, 7) is 7.98. The van der Waals surface area contributed by atoms with Crippen LogP contribution in [0.5, 0.6) is 5.75 Å². The van der Waals surface area contributed by atoms with Crippen molar-refractivity contribution in [2.24, 2.45) is 0 Å². The van der Waals surface area contributed by atoms with Crippen molar-refractivity contribution in [2.75, 3.05) is 6.61 Å². The van der Waals surface area contributed by atoms with Crippen molar-refractivity contribution < 1.29 is 14.4 Å². The molecular weight excluding hydrogens is 336 g/mol. The quantitative estimate of drug-likeness (QED) is 0.682. The normalized spacial score (nSPS) is 12.5. The van der Waals surface area contributed by atoms with Crippen molar-refractivity contribution in [1.29, 1.82) is 0 Å². The molecule has 2 aromatic carbocycles. The van der Waals surface area contributed by atoms with Gasteiger partial charge in [-0.2, -0.15) is 0 Å². The van der Waals surface area contributed by atoms with Crippen molar-refractivity contribution in [2.45, 2.75) is 40.0 Å². The van der Waals surface area contributed by atoms with Gasteiger partial charge in [0, 0.05) is 5.02 Å². The Labute approximate surface area is 153 Å². The molecule has 1 aromatic heterocycles. The second kappa shape index (κ2) is 7.46.